The van der Waals surface area contributed by atoms with Crippen LogP contribution in [0.2, 0.25) is 5.02 Å². The zero-order valence-electron chi connectivity index (χ0n) is 11.4. The smallest absolute Gasteiger partial charge is 0.193 e. The number of rotatable bonds is 2. The van der Waals surface area contributed by atoms with Gasteiger partial charge in [-0.05, 0) is 35.4 Å². The molecule has 1 aliphatic rings. The Morgan fingerprint density at radius 3 is 2.52 bits per heavy atom. The molecule has 102 valence electrons. The lowest BCUT2D eigenvalue weighted by Gasteiger charge is -2.09. The van der Waals surface area contributed by atoms with E-state index in [1.807, 2.05) is 48.5 Å². The van der Waals surface area contributed by atoms with E-state index in [1.54, 1.807) is 0 Å². The van der Waals surface area contributed by atoms with Crippen molar-refractivity contribution in [2.75, 3.05) is 0 Å². The van der Waals surface area contributed by atoms with E-state index in [9.17, 15) is 4.79 Å². The molecular weight excluding hydrogens is 280 g/mol. The molecule has 3 aromatic rings. The van der Waals surface area contributed by atoms with Crippen LogP contribution in [0.15, 0.2) is 54.6 Å². The molecule has 0 N–H and O–H groups in total. The Labute approximate surface area is 128 Å². The maximum Gasteiger partial charge on any atom is 0.193 e. The molecule has 21 heavy (non-hydrogen) atoms. The van der Waals surface area contributed by atoms with E-state index in [0.717, 1.165) is 39.9 Å². The summed E-state index contributed by atoms with van der Waals surface area (Å²) in [5, 5.41) is 3.01. The van der Waals surface area contributed by atoms with Crippen molar-refractivity contribution in [2.45, 2.75) is 12.8 Å². The van der Waals surface area contributed by atoms with Gasteiger partial charge < -0.3 is 0 Å². The molecule has 0 aliphatic heterocycles. The summed E-state index contributed by atoms with van der Waals surface area (Å²) in [6.07, 6.45) is 1.91. The normalized spacial score (nSPS) is 12.8. The highest BCUT2D eigenvalue weighted by molar-refractivity contribution is 6.36. The second kappa shape index (κ2) is 4.71. The number of carbonyl (C=O) groups excluding carboxylic acids is 1. The molecule has 0 saturated heterocycles. The Morgan fingerprint density at radius 1 is 0.905 bits per heavy atom. The molecule has 2 heteroatoms. The summed E-state index contributed by atoms with van der Waals surface area (Å²) < 4.78 is 0. The van der Waals surface area contributed by atoms with E-state index >= 15 is 0 Å². The number of halogens is 1. The van der Waals surface area contributed by atoms with Crippen LogP contribution in [0, 0.1) is 0 Å². The van der Waals surface area contributed by atoms with Gasteiger partial charge in [-0.25, -0.2) is 0 Å². The first-order valence-corrected chi connectivity index (χ1v) is 7.46. The predicted octanol–water partition coefficient (Wildman–Crippen LogP) is 4.82. The fourth-order valence-corrected chi connectivity index (χ4v) is 3.47. The standard InChI is InChI=1S/C19H13ClO/c20-17-11-7-12-6-8-14-15(9-10-16(17)18(12)14)19(21)13-4-2-1-3-5-13/h1-5,7,9-11H,6,8H2. The molecule has 0 bridgehead atoms. The predicted molar refractivity (Wildman–Crippen MR) is 86.2 cm³/mol. The minimum atomic E-state index is 0.0975. The Bertz CT molecular complexity index is 866. The molecule has 1 aliphatic carbocycles. The molecule has 0 amide bonds. The maximum atomic E-state index is 12.7. The first kappa shape index (κ1) is 12.6. The van der Waals surface area contributed by atoms with Gasteiger partial charge in [-0.1, -0.05) is 60.1 Å². The molecule has 1 nitrogen and oxygen atoms in total. The lowest BCUT2D eigenvalue weighted by atomic mass is 9.94. The first-order valence-electron chi connectivity index (χ1n) is 7.08. The molecule has 4 rings (SSSR count). The number of benzene rings is 3. The van der Waals surface area contributed by atoms with Gasteiger partial charge in [0, 0.05) is 21.5 Å². The summed E-state index contributed by atoms with van der Waals surface area (Å²) in [7, 11) is 0. The average Bonchev–Trinajstić information content (AvgIpc) is 2.96. The van der Waals surface area contributed by atoms with E-state index in [1.165, 1.54) is 10.9 Å². The van der Waals surface area contributed by atoms with E-state index in [-0.39, 0.29) is 5.78 Å². The topological polar surface area (TPSA) is 17.1 Å². The quantitative estimate of drug-likeness (QED) is 0.619. The Kier molecular flexibility index (Phi) is 2.83. The summed E-state index contributed by atoms with van der Waals surface area (Å²) in [6, 6.07) is 17.4. The highest BCUT2D eigenvalue weighted by Crippen LogP contribution is 2.37. The average molecular weight is 293 g/mol. The second-order valence-corrected chi connectivity index (χ2v) is 5.82. The summed E-state index contributed by atoms with van der Waals surface area (Å²) in [5.74, 6) is 0.0975. The summed E-state index contributed by atoms with van der Waals surface area (Å²) in [5.41, 5.74) is 4.00. The minimum absolute atomic E-state index is 0.0975. The molecule has 0 saturated carbocycles. The van der Waals surface area contributed by atoms with Crippen LogP contribution in [0.5, 0.6) is 0 Å². The number of hydrogen-bond acceptors (Lipinski definition) is 1. The van der Waals surface area contributed by atoms with Crippen LogP contribution in [-0.4, -0.2) is 5.78 Å². The van der Waals surface area contributed by atoms with Crippen molar-refractivity contribution in [1.29, 1.82) is 0 Å². The van der Waals surface area contributed by atoms with Crippen LogP contribution in [0.4, 0.5) is 0 Å². The van der Waals surface area contributed by atoms with Crippen LogP contribution in [-0.2, 0) is 12.8 Å². The van der Waals surface area contributed by atoms with E-state index in [0.29, 0.717) is 0 Å². The maximum absolute atomic E-state index is 12.7. The lowest BCUT2D eigenvalue weighted by Crippen LogP contribution is -2.04. The Hall–Kier alpha value is -2.12. The van der Waals surface area contributed by atoms with Gasteiger partial charge in [-0.3, -0.25) is 4.79 Å². The fraction of sp³-hybridized carbons (Fsp3) is 0.105. The summed E-state index contributed by atoms with van der Waals surface area (Å²) in [6.45, 7) is 0. The third kappa shape index (κ3) is 1.89. The third-order valence-corrected chi connectivity index (χ3v) is 4.58. The minimum Gasteiger partial charge on any atom is -0.289 e. The summed E-state index contributed by atoms with van der Waals surface area (Å²) >= 11 is 6.29. The van der Waals surface area contributed by atoms with Gasteiger partial charge >= 0.3 is 0 Å². The molecule has 3 aromatic carbocycles. The van der Waals surface area contributed by atoms with Gasteiger partial charge in [0.25, 0.3) is 0 Å². The number of carbonyl (C=O) groups is 1. The zero-order chi connectivity index (χ0) is 14.4. The van der Waals surface area contributed by atoms with Crippen LogP contribution in [0.3, 0.4) is 0 Å². The molecular formula is C19H13ClO. The molecule has 0 aromatic heterocycles. The molecule has 0 fully saturated rings. The van der Waals surface area contributed by atoms with E-state index < -0.39 is 0 Å². The number of ketones is 1. The van der Waals surface area contributed by atoms with Crippen molar-refractivity contribution >= 4 is 28.2 Å². The van der Waals surface area contributed by atoms with E-state index in [4.69, 9.17) is 11.6 Å². The van der Waals surface area contributed by atoms with Crippen LogP contribution >= 0.6 is 11.6 Å². The van der Waals surface area contributed by atoms with E-state index in [2.05, 4.69) is 6.07 Å². The summed E-state index contributed by atoms with van der Waals surface area (Å²) in [4.78, 5) is 12.7. The van der Waals surface area contributed by atoms with Crippen molar-refractivity contribution < 1.29 is 4.79 Å². The molecule has 0 atom stereocenters. The van der Waals surface area contributed by atoms with Crippen molar-refractivity contribution in [3.63, 3.8) is 0 Å². The Morgan fingerprint density at radius 2 is 1.71 bits per heavy atom. The first-order chi connectivity index (χ1) is 10.3. The van der Waals surface area contributed by atoms with Crippen molar-refractivity contribution in [1.82, 2.24) is 0 Å². The highest BCUT2D eigenvalue weighted by Gasteiger charge is 2.22. The third-order valence-electron chi connectivity index (χ3n) is 4.25. The zero-order valence-corrected chi connectivity index (χ0v) is 12.2. The van der Waals surface area contributed by atoms with Crippen LogP contribution in [0.25, 0.3) is 10.8 Å². The Balaban J connectivity index is 1.96. The fourth-order valence-electron chi connectivity index (χ4n) is 3.25. The van der Waals surface area contributed by atoms with Crippen molar-refractivity contribution in [2.24, 2.45) is 0 Å². The molecule has 0 radical (unpaired) electrons. The van der Waals surface area contributed by atoms with Gasteiger partial charge in [0.05, 0.1) is 0 Å². The monoisotopic (exact) mass is 292 g/mol. The largest absolute Gasteiger partial charge is 0.289 e. The highest BCUT2D eigenvalue weighted by atomic mass is 35.5. The van der Waals surface area contributed by atoms with Gasteiger partial charge in [0.1, 0.15) is 0 Å². The van der Waals surface area contributed by atoms with Crippen molar-refractivity contribution in [3.8, 4) is 0 Å². The second-order valence-electron chi connectivity index (χ2n) is 5.42. The van der Waals surface area contributed by atoms with Gasteiger partial charge in [-0.2, -0.15) is 0 Å². The number of aryl methyl sites for hydroxylation is 2. The van der Waals surface area contributed by atoms with Crippen molar-refractivity contribution in [3.05, 3.63) is 81.9 Å². The van der Waals surface area contributed by atoms with Gasteiger partial charge in [0.2, 0.25) is 0 Å². The molecule has 0 heterocycles. The number of hydrogen-bond donors (Lipinski definition) is 0. The SMILES string of the molecule is O=C(c1ccccc1)c1ccc2c(Cl)ccc3c2c1CC3. The molecule has 0 spiro atoms. The van der Waals surface area contributed by atoms with Gasteiger partial charge in [0.15, 0.2) is 5.78 Å². The van der Waals surface area contributed by atoms with Gasteiger partial charge in [-0.15, -0.1) is 0 Å². The lowest BCUT2D eigenvalue weighted by molar-refractivity contribution is 0.103. The molecule has 0 unspecified atom stereocenters. The van der Waals surface area contributed by atoms with Crippen LogP contribution < -0.4 is 0 Å². The van der Waals surface area contributed by atoms with Crippen LogP contribution in [0.1, 0.15) is 27.0 Å².